The molecule has 0 aliphatic rings. The SMILES string of the molecule is CCCCCNCc1cc(Br)c(OCc2ccccc2)c(OCC)c1.Cl. The summed E-state index contributed by atoms with van der Waals surface area (Å²) < 4.78 is 12.8. The molecule has 2 aromatic carbocycles. The van der Waals surface area contributed by atoms with E-state index in [0.717, 1.165) is 34.6 Å². The van der Waals surface area contributed by atoms with Crippen LogP contribution in [0.3, 0.4) is 0 Å². The van der Waals surface area contributed by atoms with Gasteiger partial charge in [-0.15, -0.1) is 12.4 Å². The fourth-order valence-corrected chi connectivity index (χ4v) is 3.19. The maximum Gasteiger partial charge on any atom is 0.175 e. The average molecular weight is 443 g/mol. The van der Waals surface area contributed by atoms with E-state index in [-0.39, 0.29) is 12.4 Å². The van der Waals surface area contributed by atoms with Gasteiger partial charge in [-0.2, -0.15) is 0 Å². The molecule has 1 N–H and O–H groups in total. The number of ether oxygens (including phenoxy) is 2. The molecule has 2 rings (SSSR count). The molecule has 0 aromatic heterocycles. The van der Waals surface area contributed by atoms with Crippen LogP contribution < -0.4 is 14.8 Å². The Balaban J connectivity index is 0.00000338. The van der Waals surface area contributed by atoms with Crippen LogP contribution >= 0.6 is 28.3 Å². The largest absolute Gasteiger partial charge is 0.490 e. The van der Waals surface area contributed by atoms with E-state index in [1.807, 2.05) is 25.1 Å². The van der Waals surface area contributed by atoms with Gasteiger partial charge in [0.15, 0.2) is 11.5 Å². The number of nitrogens with one attached hydrogen (secondary N) is 1. The second-order valence-electron chi connectivity index (χ2n) is 6.00. The normalized spacial score (nSPS) is 10.3. The first-order valence-electron chi connectivity index (χ1n) is 9.07. The highest BCUT2D eigenvalue weighted by molar-refractivity contribution is 9.10. The Hall–Kier alpha value is -1.23. The third-order valence-electron chi connectivity index (χ3n) is 3.88. The summed E-state index contributed by atoms with van der Waals surface area (Å²) in [5.74, 6) is 1.55. The predicted molar refractivity (Wildman–Crippen MR) is 115 cm³/mol. The minimum absolute atomic E-state index is 0. The van der Waals surface area contributed by atoms with Gasteiger partial charge in [0.2, 0.25) is 0 Å². The van der Waals surface area contributed by atoms with Crippen molar-refractivity contribution in [3.63, 3.8) is 0 Å². The van der Waals surface area contributed by atoms with Gasteiger partial charge in [-0.3, -0.25) is 0 Å². The molecule has 5 heteroatoms. The van der Waals surface area contributed by atoms with Crippen LogP contribution in [0.1, 0.15) is 44.2 Å². The summed E-state index contributed by atoms with van der Waals surface area (Å²) in [6.45, 7) is 7.23. The second kappa shape index (κ2) is 13.0. The molecule has 0 unspecified atom stereocenters. The molecule has 0 spiro atoms. The first-order chi connectivity index (χ1) is 12.2. The molecule has 3 nitrogen and oxygen atoms in total. The topological polar surface area (TPSA) is 30.5 Å². The molecule has 26 heavy (non-hydrogen) atoms. The van der Waals surface area contributed by atoms with Crippen molar-refractivity contribution in [2.24, 2.45) is 0 Å². The van der Waals surface area contributed by atoms with Gasteiger partial charge >= 0.3 is 0 Å². The van der Waals surface area contributed by atoms with E-state index in [1.54, 1.807) is 0 Å². The van der Waals surface area contributed by atoms with Crippen LogP contribution in [-0.4, -0.2) is 13.2 Å². The molecule has 0 aliphatic heterocycles. The van der Waals surface area contributed by atoms with E-state index in [4.69, 9.17) is 9.47 Å². The molecular formula is C21H29BrClNO2. The molecule has 144 valence electrons. The molecular weight excluding hydrogens is 414 g/mol. The van der Waals surface area contributed by atoms with Crippen molar-refractivity contribution in [1.82, 2.24) is 5.32 Å². The third-order valence-corrected chi connectivity index (χ3v) is 4.47. The van der Waals surface area contributed by atoms with Gasteiger partial charge in [-0.1, -0.05) is 50.1 Å². The van der Waals surface area contributed by atoms with Crippen molar-refractivity contribution in [2.75, 3.05) is 13.2 Å². The van der Waals surface area contributed by atoms with Gasteiger partial charge in [-0.25, -0.2) is 0 Å². The quantitative estimate of drug-likeness (QED) is 0.425. The lowest BCUT2D eigenvalue weighted by Crippen LogP contribution is -2.14. The fraction of sp³-hybridized carbons (Fsp3) is 0.429. The maximum atomic E-state index is 6.03. The Bertz CT molecular complexity index is 637. The van der Waals surface area contributed by atoms with Crippen molar-refractivity contribution in [3.05, 3.63) is 58.1 Å². The van der Waals surface area contributed by atoms with Crippen molar-refractivity contribution in [1.29, 1.82) is 0 Å². The van der Waals surface area contributed by atoms with Crippen molar-refractivity contribution < 1.29 is 9.47 Å². The summed E-state index contributed by atoms with van der Waals surface area (Å²) in [5, 5.41) is 3.49. The molecule has 0 radical (unpaired) electrons. The van der Waals surface area contributed by atoms with Crippen LogP contribution in [0.15, 0.2) is 46.9 Å². The van der Waals surface area contributed by atoms with Gasteiger partial charge in [-0.05, 0) is 59.1 Å². The monoisotopic (exact) mass is 441 g/mol. The van der Waals surface area contributed by atoms with E-state index in [0.29, 0.717) is 13.2 Å². The van der Waals surface area contributed by atoms with Crippen LogP contribution in [-0.2, 0) is 13.2 Å². The summed E-state index contributed by atoms with van der Waals surface area (Å²) in [7, 11) is 0. The summed E-state index contributed by atoms with van der Waals surface area (Å²) in [6.07, 6.45) is 3.73. The number of benzene rings is 2. The van der Waals surface area contributed by atoms with E-state index < -0.39 is 0 Å². The van der Waals surface area contributed by atoms with Gasteiger partial charge < -0.3 is 14.8 Å². The highest BCUT2D eigenvalue weighted by atomic mass is 79.9. The van der Waals surface area contributed by atoms with Crippen molar-refractivity contribution >= 4 is 28.3 Å². The van der Waals surface area contributed by atoms with E-state index >= 15 is 0 Å². The standard InChI is InChI=1S/C21H28BrNO2.ClH/c1-3-5-9-12-23-15-18-13-19(22)21(20(14-18)24-4-2)25-16-17-10-7-6-8-11-17;/h6-8,10-11,13-14,23H,3-5,9,12,15-16H2,1-2H3;1H. The highest BCUT2D eigenvalue weighted by Crippen LogP contribution is 2.37. The summed E-state index contributed by atoms with van der Waals surface area (Å²) in [4.78, 5) is 0. The van der Waals surface area contributed by atoms with Crippen LogP contribution in [0.5, 0.6) is 11.5 Å². The van der Waals surface area contributed by atoms with Gasteiger partial charge in [0, 0.05) is 6.54 Å². The van der Waals surface area contributed by atoms with Crippen LogP contribution in [0.4, 0.5) is 0 Å². The minimum atomic E-state index is 0. The number of hydrogen-bond acceptors (Lipinski definition) is 3. The molecule has 0 amide bonds. The lowest BCUT2D eigenvalue weighted by Gasteiger charge is -2.16. The van der Waals surface area contributed by atoms with Gasteiger partial charge in [0.25, 0.3) is 0 Å². The molecule has 0 heterocycles. The smallest absolute Gasteiger partial charge is 0.175 e. The lowest BCUT2D eigenvalue weighted by molar-refractivity contribution is 0.267. The van der Waals surface area contributed by atoms with E-state index in [1.165, 1.54) is 24.8 Å². The number of hydrogen-bond donors (Lipinski definition) is 1. The van der Waals surface area contributed by atoms with Crippen molar-refractivity contribution in [3.8, 4) is 11.5 Å². The number of rotatable bonds is 11. The third kappa shape index (κ3) is 7.56. The van der Waals surface area contributed by atoms with Gasteiger partial charge in [0.1, 0.15) is 6.61 Å². The van der Waals surface area contributed by atoms with Gasteiger partial charge in [0.05, 0.1) is 11.1 Å². The fourth-order valence-electron chi connectivity index (χ4n) is 2.59. The van der Waals surface area contributed by atoms with E-state index in [9.17, 15) is 0 Å². The number of unbranched alkanes of at least 4 members (excludes halogenated alkanes) is 2. The van der Waals surface area contributed by atoms with Crippen LogP contribution in [0, 0.1) is 0 Å². The first kappa shape index (κ1) is 22.8. The summed E-state index contributed by atoms with van der Waals surface area (Å²) >= 11 is 3.64. The highest BCUT2D eigenvalue weighted by Gasteiger charge is 2.12. The predicted octanol–water partition coefficient (Wildman–Crippen LogP) is 6.13. The zero-order valence-corrected chi connectivity index (χ0v) is 18.0. The first-order valence-corrected chi connectivity index (χ1v) is 9.86. The molecule has 0 bridgehead atoms. The zero-order valence-electron chi connectivity index (χ0n) is 15.6. The van der Waals surface area contributed by atoms with Crippen molar-refractivity contribution in [2.45, 2.75) is 46.3 Å². The molecule has 0 fully saturated rings. The van der Waals surface area contributed by atoms with Crippen LogP contribution in [0.25, 0.3) is 0 Å². The lowest BCUT2D eigenvalue weighted by atomic mass is 10.2. The zero-order chi connectivity index (χ0) is 17.9. The Labute approximate surface area is 172 Å². The minimum Gasteiger partial charge on any atom is -0.490 e. The Morgan fingerprint density at radius 1 is 0.962 bits per heavy atom. The second-order valence-corrected chi connectivity index (χ2v) is 6.85. The summed E-state index contributed by atoms with van der Waals surface area (Å²) in [6, 6.07) is 14.3. The Morgan fingerprint density at radius 3 is 2.42 bits per heavy atom. The molecule has 0 saturated carbocycles. The Kier molecular flexibility index (Phi) is 11.4. The van der Waals surface area contributed by atoms with E-state index in [2.05, 4.69) is 52.4 Å². The average Bonchev–Trinajstić information content (AvgIpc) is 2.62. The summed E-state index contributed by atoms with van der Waals surface area (Å²) in [5.41, 5.74) is 2.33. The number of halogens is 2. The van der Waals surface area contributed by atoms with Crippen LogP contribution in [0.2, 0.25) is 0 Å². The maximum absolute atomic E-state index is 6.03. The molecule has 0 atom stereocenters. The Morgan fingerprint density at radius 2 is 1.73 bits per heavy atom. The molecule has 0 saturated heterocycles. The molecule has 2 aromatic rings. The molecule has 0 aliphatic carbocycles.